The molecule has 0 aliphatic rings. The Morgan fingerprint density at radius 1 is 1.29 bits per heavy atom. The van der Waals surface area contributed by atoms with E-state index in [1.54, 1.807) is 33.9 Å². The zero-order valence-electron chi connectivity index (χ0n) is 16.7. The maximum absolute atomic E-state index is 11.9. The zero-order valence-corrected chi connectivity index (χ0v) is 16.7. The molecule has 0 unspecified atom stereocenters. The van der Waals surface area contributed by atoms with E-state index < -0.39 is 5.97 Å². The fourth-order valence-electron chi connectivity index (χ4n) is 3.12. The molecule has 0 aliphatic carbocycles. The largest absolute Gasteiger partial charge is 0.465 e. The molecular formula is C19H21N9O3. The molecule has 12 heteroatoms. The Morgan fingerprint density at radius 3 is 2.90 bits per heavy atom. The lowest BCUT2D eigenvalue weighted by Crippen LogP contribution is -2.32. The third-order valence-corrected chi connectivity index (χ3v) is 4.66. The lowest BCUT2D eigenvalue weighted by Gasteiger charge is -2.19. The van der Waals surface area contributed by atoms with Crippen LogP contribution in [0.4, 0.5) is 11.6 Å². The molecule has 0 saturated carbocycles. The van der Waals surface area contributed by atoms with Crippen LogP contribution in [0.5, 0.6) is 0 Å². The van der Waals surface area contributed by atoms with Crippen LogP contribution in [-0.4, -0.2) is 54.2 Å². The van der Waals surface area contributed by atoms with Crippen molar-refractivity contribution >= 4 is 23.1 Å². The molecule has 4 heterocycles. The normalized spacial score (nSPS) is 11.1. The van der Waals surface area contributed by atoms with Crippen molar-refractivity contribution in [3.05, 3.63) is 54.2 Å². The van der Waals surface area contributed by atoms with Gasteiger partial charge in [0.1, 0.15) is 5.56 Å². The van der Waals surface area contributed by atoms with Crippen molar-refractivity contribution in [3.8, 4) is 11.3 Å². The number of methoxy groups -OCH3 is 1. The Kier molecular flexibility index (Phi) is 5.47. The number of ether oxygens (including phenoxy) is 1. The minimum Gasteiger partial charge on any atom is -0.465 e. The van der Waals surface area contributed by atoms with Gasteiger partial charge in [-0.15, -0.1) is 0 Å². The van der Waals surface area contributed by atoms with Crippen molar-refractivity contribution in [1.29, 1.82) is 0 Å². The molecule has 4 rings (SSSR count). The van der Waals surface area contributed by atoms with Crippen LogP contribution >= 0.6 is 0 Å². The van der Waals surface area contributed by atoms with Gasteiger partial charge in [0.25, 0.3) is 0 Å². The number of anilines is 2. The second-order valence-corrected chi connectivity index (χ2v) is 6.72. The first-order valence-corrected chi connectivity index (χ1v) is 9.33. The van der Waals surface area contributed by atoms with Crippen LogP contribution in [0.1, 0.15) is 15.9 Å². The summed E-state index contributed by atoms with van der Waals surface area (Å²) in [5, 5.41) is 18.7. The Morgan fingerprint density at radius 2 is 2.13 bits per heavy atom. The average molecular weight is 423 g/mol. The monoisotopic (exact) mass is 423 g/mol. The van der Waals surface area contributed by atoms with Gasteiger partial charge >= 0.3 is 5.97 Å². The molecule has 0 radical (unpaired) electrons. The molecule has 0 spiro atoms. The maximum Gasteiger partial charge on any atom is 0.341 e. The van der Waals surface area contributed by atoms with Crippen LogP contribution in [-0.2, 0) is 17.8 Å². The summed E-state index contributed by atoms with van der Waals surface area (Å²) in [4.78, 5) is 20.7. The Hall–Kier alpha value is -4.03. The van der Waals surface area contributed by atoms with Crippen LogP contribution in [0.2, 0.25) is 0 Å². The fraction of sp³-hybridized carbons (Fsp3) is 0.211. The average Bonchev–Trinajstić information content (AvgIpc) is 3.40. The molecule has 0 aliphatic heterocycles. The van der Waals surface area contributed by atoms with Crippen LogP contribution < -0.4 is 16.6 Å². The Bertz CT molecular complexity index is 1230. The molecule has 0 amide bonds. The SMILES string of the molecule is COC(=O)c1cnn2ccc(CN(N)c3nc(-c4cnn(CCO)c4)cnc3N)cc12. The van der Waals surface area contributed by atoms with E-state index in [1.165, 1.54) is 24.5 Å². The van der Waals surface area contributed by atoms with Crippen molar-refractivity contribution < 1.29 is 14.6 Å². The summed E-state index contributed by atoms with van der Waals surface area (Å²) in [6.45, 7) is 0.618. The number of carbonyl (C=O) groups excluding carboxylic acids is 1. The predicted molar refractivity (Wildman–Crippen MR) is 112 cm³/mol. The highest BCUT2D eigenvalue weighted by Gasteiger charge is 2.16. The number of nitrogens with zero attached hydrogens (tertiary/aromatic N) is 7. The van der Waals surface area contributed by atoms with Gasteiger partial charge in [0.05, 0.1) is 56.6 Å². The molecule has 0 aromatic carbocycles. The molecule has 31 heavy (non-hydrogen) atoms. The molecule has 0 fully saturated rings. The fourth-order valence-corrected chi connectivity index (χ4v) is 3.12. The molecule has 0 bridgehead atoms. The minimum atomic E-state index is -0.471. The third kappa shape index (κ3) is 4.01. The number of aliphatic hydroxyl groups is 1. The number of rotatable bonds is 7. The number of nitrogen functional groups attached to an aromatic ring is 1. The second kappa shape index (κ2) is 8.38. The summed E-state index contributed by atoms with van der Waals surface area (Å²) in [5.41, 5.74) is 9.04. The van der Waals surface area contributed by atoms with E-state index in [0.717, 1.165) is 11.1 Å². The number of aromatic nitrogens is 6. The smallest absolute Gasteiger partial charge is 0.341 e. The molecule has 12 nitrogen and oxygen atoms in total. The van der Waals surface area contributed by atoms with Crippen LogP contribution in [0.25, 0.3) is 16.8 Å². The number of hydrogen-bond acceptors (Lipinski definition) is 10. The molecule has 0 saturated heterocycles. The second-order valence-electron chi connectivity index (χ2n) is 6.72. The van der Waals surface area contributed by atoms with Crippen LogP contribution in [0, 0.1) is 0 Å². The van der Waals surface area contributed by atoms with Crippen molar-refractivity contribution in [3.63, 3.8) is 0 Å². The number of fused-ring (bicyclic) bond motifs is 1. The minimum absolute atomic E-state index is 0.0183. The van der Waals surface area contributed by atoms with Gasteiger partial charge in [-0.3, -0.25) is 9.69 Å². The topological polar surface area (TPSA) is 163 Å². The Labute approximate surface area is 176 Å². The van der Waals surface area contributed by atoms with Crippen molar-refractivity contribution in [2.24, 2.45) is 5.84 Å². The summed E-state index contributed by atoms with van der Waals surface area (Å²) < 4.78 is 7.98. The lowest BCUT2D eigenvalue weighted by molar-refractivity contribution is 0.0603. The number of esters is 1. The van der Waals surface area contributed by atoms with E-state index in [4.69, 9.17) is 21.4 Å². The molecule has 4 aromatic rings. The van der Waals surface area contributed by atoms with Crippen LogP contribution in [0.3, 0.4) is 0 Å². The number of hydrogen-bond donors (Lipinski definition) is 3. The van der Waals surface area contributed by atoms with Gasteiger partial charge in [-0.25, -0.2) is 25.1 Å². The first kappa shape index (κ1) is 20.3. The quantitative estimate of drug-likeness (QED) is 0.213. The van der Waals surface area contributed by atoms with Crippen molar-refractivity contribution in [1.82, 2.24) is 29.4 Å². The summed E-state index contributed by atoms with van der Waals surface area (Å²) in [7, 11) is 1.32. The zero-order chi connectivity index (χ0) is 22.0. The van der Waals surface area contributed by atoms with E-state index in [0.29, 0.717) is 29.1 Å². The van der Waals surface area contributed by atoms with E-state index in [1.807, 2.05) is 6.07 Å². The number of nitrogens with two attached hydrogens (primary N) is 2. The lowest BCUT2D eigenvalue weighted by atomic mass is 10.2. The van der Waals surface area contributed by atoms with E-state index in [9.17, 15) is 4.79 Å². The van der Waals surface area contributed by atoms with Gasteiger partial charge < -0.3 is 15.6 Å². The van der Waals surface area contributed by atoms with Gasteiger partial charge in [-0.05, 0) is 17.7 Å². The van der Waals surface area contributed by atoms with Gasteiger partial charge in [0.2, 0.25) is 0 Å². The molecular weight excluding hydrogens is 402 g/mol. The summed E-state index contributed by atoms with van der Waals surface area (Å²) in [5.74, 6) is 6.26. The number of pyridine rings is 1. The van der Waals surface area contributed by atoms with E-state index in [-0.39, 0.29) is 19.0 Å². The van der Waals surface area contributed by atoms with Crippen molar-refractivity contribution in [2.45, 2.75) is 13.1 Å². The molecule has 5 N–H and O–H groups in total. The summed E-state index contributed by atoms with van der Waals surface area (Å²) >= 11 is 0. The highest BCUT2D eigenvalue weighted by molar-refractivity contribution is 5.96. The van der Waals surface area contributed by atoms with Gasteiger partial charge in [0, 0.05) is 18.0 Å². The van der Waals surface area contributed by atoms with Crippen molar-refractivity contribution in [2.75, 3.05) is 24.5 Å². The van der Waals surface area contributed by atoms with Gasteiger partial charge in [-0.2, -0.15) is 10.2 Å². The first-order chi connectivity index (χ1) is 15.0. The summed E-state index contributed by atoms with van der Waals surface area (Å²) in [6, 6.07) is 3.62. The van der Waals surface area contributed by atoms with Crippen LogP contribution in [0.15, 0.2) is 43.1 Å². The molecule has 4 aromatic heterocycles. The predicted octanol–water partition coefficient (Wildman–Crippen LogP) is 0.229. The number of hydrazine groups is 1. The van der Waals surface area contributed by atoms with E-state index >= 15 is 0 Å². The van der Waals surface area contributed by atoms with Gasteiger partial charge in [-0.1, -0.05) is 0 Å². The van der Waals surface area contributed by atoms with E-state index in [2.05, 4.69) is 20.2 Å². The maximum atomic E-state index is 11.9. The number of carbonyl (C=O) groups is 1. The van der Waals surface area contributed by atoms with Gasteiger partial charge in [0.15, 0.2) is 11.6 Å². The summed E-state index contributed by atoms with van der Waals surface area (Å²) in [6.07, 6.45) is 8.10. The highest BCUT2D eigenvalue weighted by atomic mass is 16.5. The molecule has 160 valence electrons. The highest BCUT2D eigenvalue weighted by Crippen LogP contribution is 2.24. The standard InChI is InChI=1S/C19H21N9O3/c1-31-19(30)14-8-24-28-3-2-12(6-16(14)28)10-27(21)18-17(20)22-9-15(25-18)13-7-23-26(11-13)4-5-29/h2-3,6-9,11,29H,4-5,10,21H2,1H3,(H2,20,22). The first-order valence-electron chi connectivity index (χ1n) is 9.33. The molecule has 0 atom stereocenters. The Balaban J connectivity index is 1.60. The number of aliphatic hydroxyl groups excluding tert-OH is 1. The third-order valence-electron chi connectivity index (χ3n) is 4.66.